The van der Waals surface area contributed by atoms with Crippen LogP contribution in [0.5, 0.6) is 0 Å². The molecule has 0 unspecified atom stereocenters. The molecule has 0 radical (unpaired) electrons. The molecule has 0 N–H and O–H groups in total. The van der Waals surface area contributed by atoms with Gasteiger partial charge in [-0.3, -0.25) is 0 Å². The van der Waals surface area contributed by atoms with Crippen LogP contribution < -0.4 is 0 Å². The van der Waals surface area contributed by atoms with E-state index in [1.165, 1.54) is 40.0 Å². The fourth-order valence-electron chi connectivity index (χ4n) is 1.98. The summed E-state index contributed by atoms with van der Waals surface area (Å²) in [6.07, 6.45) is 5.38. The van der Waals surface area contributed by atoms with Crippen molar-refractivity contribution in [2.45, 2.75) is 74.1 Å². The van der Waals surface area contributed by atoms with Gasteiger partial charge >= 0.3 is 0 Å². The second-order valence-electron chi connectivity index (χ2n) is 4.94. The van der Waals surface area contributed by atoms with Crippen molar-refractivity contribution >= 4 is 32.1 Å². The van der Waals surface area contributed by atoms with E-state index in [1.807, 2.05) is 50.4 Å². The standard InChI is InChI=1S/C14H20S2.2C2H6/c1-10(2)6-4-5-7-12-9-14-13(16-12)8-11(3)15-14;2*1-2/h8-10H,4-7H2,1-3H3;2*1-2H3. The largest absolute Gasteiger partial charge is 0.140 e. The Morgan fingerprint density at radius 3 is 2.05 bits per heavy atom. The third kappa shape index (κ3) is 6.90. The van der Waals surface area contributed by atoms with Gasteiger partial charge in [0.2, 0.25) is 0 Å². The molecule has 0 spiro atoms. The van der Waals surface area contributed by atoms with Gasteiger partial charge in [0.25, 0.3) is 0 Å². The molecule has 2 heterocycles. The van der Waals surface area contributed by atoms with Gasteiger partial charge in [-0.15, -0.1) is 22.7 Å². The number of hydrogen-bond donors (Lipinski definition) is 0. The van der Waals surface area contributed by atoms with Crippen molar-refractivity contribution in [1.82, 2.24) is 0 Å². The van der Waals surface area contributed by atoms with Crippen molar-refractivity contribution in [2.75, 3.05) is 0 Å². The van der Waals surface area contributed by atoms with Crippen LogP contribution in [-0.2, 0) is 6.42 Å². The molecule has 0 aromatic carbocycles. The Morgan fingerprint density at radius 2 is 1.50 bits per heavy atom. The zero-order valence-electron chi connectivity index (χ0n) is 14.4. The average molecular weight is 313 g/mol. The maximum Gasteiger partial charge on any atom is 0.0456 e. The predicted octanol–water partition coefficient (Wildman–Crippen LogP) is 7.69. The quantitative estimate of drug-likeness (QED) is 0.496. The number of hydrogen-bond acceptors (Lipinski definition) is 2. The first-order valence-electron chi connectivity index (χ1n) is 8.14. The molecule has 0 aliphatic heterocycles. The van der Waals surface area contributed by atoms with Gasteiger partial charge in [0.1, 0.15) is 0 Å². The van der Waals surface area contributed by atoms with Gasteiger partial charge < -0.3 is 0 Å². The Bertz CT molecular complexity index is 417. The topological polar surface area (TPSA) is 0 Å². The first kappa shape index (κ1) is 19.7. The van der Waals surface area contributed by atoms with E-state index in [-0.39, 0.29) is 0 Å². The summed E-state index contributed by atoms with van der Waals surface area (Å²) in [6.45, 7) is 14.8. The third-order valence-corrected chi connectivity index (χ3v) is 5.10. The molecule has 20 heavy (non-hydrogen) atoms. The highest BCUT2D eigenvalue weighted by atomic mass is 32.1. The lowest BCUT2D eigenvalue weighted by atomic mass is 10.1. The van der Waals surface area contributed by atoms with Gasteiger partial charge in [-0.1, -0.05) is 54.4 Å². The number of thiophene rings is 2. The Balaban J connectivity index is 0.000000829. The summed E-state index contributed by atoms with van der Waals surface area (Å²) in [5.74, 6) is 0.856. The van der Waals surface area contributed by atoms with Gasteiger partial charge in [-0.2, -0.15) is 0 Å². The van der Waals surface area contributed by atoms with Gasteiger partial charge in [-0.05, 0) is 37.8 Å². The van der Waals surface area contributed by atoms with Crippen LogP contribution in [0.2, 0.25) is 0 Å². The highest BCUT2D eigenvalue weighted by molar-refractivity contribution is 7.27. The lowest BCUT2D eigenvalue weighted by Crippen LogP contribution is -1.88. The van der Waals surface area contributed by atoms with Gasteiger partial charge in [0.05, 0.1) is 0 Å². The Kier molecular flexibility index (Phi) is 11.1. The Hall–Kier alpha value is -0.340. The molecule has 0 fully saturated rings. The lowest BCUT2D eigenvalue weighted by Gasteiger charge is -2.02. The maximum absolute atomic E-state index is 2.40. The molecule has 0 aliphatic carbocycles. The van der Waals surface area contributed by atoms with Gasteiger partial charge in [0, 0.05) is 19.2 Å². The van der Waals surface area contributed by atoms with Crippen molar-refractivity contribution in [3.05, 3.63) is 21.9 Å². The first-order chi connectivity index (χ1) is 9.65. The van der Waals surface area contributed by atoms with Crippen LogP contribution in [-0.4, -0.2) is 0 Å². The fourth-order valence-corrected chi connectivity index (χ4v) is 4.37. The molecular formula is C18H32S2. The predicted molar refractivity (Wildman–Crippen MR) is 99.5 cm³/mol. The molecule has 116 valence electrons. The number of aryl methyl sites for hydroxylation is 2. The summed E-state index contributed by atoms with van der Waals surface area (Å²) in [4.78, 5) is 3.01. The smallest absolute Gasteiger partial charge is 0.0456 e. The monoisotopic (exact) mass is 312 g/mol. The van der Waals surface area contributed by atoms with Crippen LogP contribution in [0.4, 0.5) is 0 Å². The van der Waals surface area contributed by atoms with Gasteiger partial charge in [0.15, 0.2) is 0 Å². The highest BCUT2D eigenvalue weighted by Gasteiger charge is 2.04. The zero-order valence-corrected chi connectivity index (χ0v) is 16.0. The van der Waals surface area contributed by atoms with E-state index < -0.39 is 0 Å². The van der Waals surface area contributed by atoms with E-state index >= 15 is 0 Å². The first-order valence-corrected chi connectivity index (χ1v) is 9.77. The van der Waals surface area contributed by atoms with Crippen LogP contribution >= 0.6 is 22.7 Å². The molecular weight excluding hydrogens is 280 g/mol. The lowest BCUT2D eigenvalue weighted by molar-refractivity contribution is 0.539. The third-order valence-electron chi connectivity index (χ3n) is 2.84. The SMILES string of the molecule is CC.CC.Cc1cc2sc(CCCCC(C)C)cc2s1. The Morgan fingerprint density at radius 1 is 0.900 bits per heavy atom. The van der Waals surface area contributed by atoms with E-state index in [0.717, 1.165) is 5.92 Å². The van der Waals surface area contributed by atoms with Crippen LogP contribution in [0.1, 0.15) is 70.6 Å². The van der Waals surface area contributed by atoms with E-state index in [2.05, 4.69) is 32.9 Å². The summed E-state index contributed by atoms with van der Waals surface area (Å²) < 4.78 is 2.97. The van der Waals surface area contributed by atoms with E-state index in [4.69, 9.17) is 0 Å². The molecule has 0 amide bonds. The number of rotatable bonds is 5. The fraction of sp³-hybridized carbons (Fsp3) is 0.667. The number of unbranched alkanes of at least 4 members (excludes halogenated alkanes) is 1. The second kappa shape index (κ2) is 11.3. The molecule has 2 aromatic heterocycles. The average Bonchev–Trinajstić information content (AvgIpc) is 2.96. The summed E-state index contributed by atoms with van der Waals surface area (Å²) in [5.41, 5.74) is 0. The van der Waals surface area contributed by atoms with Crippen LogP contribution in [0.15, 0.2) is 12.1 Å². The summed E-state index contributed by atoms with van der Waals surface area (Å²) in [5, 5.41) is 0. The van der Waals surface area contributed by atoms with Crippen molar-refractivity contribution < 1.29 is 0 Å². The molecule has 0 aliphatic rings. The minimum Gasteiger partial charge on any atom is -0.140 e. The van der Waals surface area contributed by atoms with Crippen molar-refractivity contribution in [3.63, 3.8) is 0 Å². The summed E-state index contributed by atoms with van der Waals surface area (Å²) in [6, 6.07) is 4.72. The molecule has 2 heteroatoms. The molecule has 0 saturated carbocycles. The number of fused-ring (bicyclic) bond motifs is 1. The Labute approximate surface area is 134 Å². The summed E-state index contributed by atoms with van der Waals surface area (Å²) in [7, 11) is 0. The minimum absolute atomic E-state index is 0.856. The highest BCUT2D eigenvalue weighted by Crippen LogP contribution is 2.33. The summed E-state index contributed by atoms with van der Waals surface area (Å²) >= 11 is 3.91. The van der Waals surface area contributed by atoms with Crippen LogP contribution in [0.25, 0.3) is 9.40 Å². The molecule has 0 saturated heterocycles. The van der Waals surface area contributed by atoms with E-state index in [9.17, 15) is 0 Å². The minimum atomic E-state index is 0.856. The molecule has 0 nitrogen and oxygen atoms in total. The normalized spacial score (nSPS) is 10.0. The van der Waals surface area contributed by atoms with Crippen LogP contribution in [0.3, 0.4) is 0 Å². The molecule has 2 rings (SSSR count). The van der Waals surface area contributed by atoms with Crippen molar-refractivity contribution in [3.8, 4) is 0 Å². The molecule has 0 atom stereocenters. The van der Waals surface area contributed by atoms with E-state index in [0.29, 0.717) is 0 Å². The maximum atomic E-state index is 2.40. The van der Waals surface area contributed by atoms with Crippen molar-refractivity contribution in [1.29, 1.82) is 0 Å². The zero-order chi connectivity index (χ0) is 15.5. The molecule has 2 aromatic rings. The second-order valence-corrected chi connectivity index (χ2v) is 7.39. The van der Waals surface area contributed by atoms with Gasteiger partial charge in [-0.25, -0.2) is 0 Å². The van der Waals surface area contributed by atoms with Crippen LogP contribution in [0, 0.1) is 12.8 Å². The molecule has 0 bridgehead atoms. The van der Waals surface area contributed by atoms with Crippen molar-refractivity contribution in [2.24, 2.45) is 5.92 Å². The van der Waals surface area contributed by atoms with E-state index in [1.54, 1.807) is 4.88 Å².